The quantitative estimate of drug-likeness (QED) is 0.606. The molecule has 3 nitrogen and oxygen atoms in total. The number of benzene rings is 2. The van der Waals surface area contributed by atoms with E-state index < -0.39 is 0 Å². The fourth-order valence-electron chi connectivity index (χ4n) is 2.26. The summed E-state index contributed by atoms with van der Waals surface area (Å²) in [4.78, 5) is 4.85. The number of oxime groups is 1. The molecule has 110 valence electrons. The Balaban J connectivity index is 2.18. The van der Waals surface area contributed by atoms with Crippen molar-refractivity contribution in [2.24, 2.45) is 5.16 Å². The summed E-state index contributed by atoms with van der Waals surface area (Å²) in [6.07, 6.45) is 0. The van der Waals surface area contributed by atoms with Gasteiger partial charge in [0.1, 0.15) is 19.5 Å². The van der Waals surface area contributed by atoms with Gasteiger partial charge in [-0.1, -0.05) is 35.5 Å². The molecular formula is C18H21NO2. The van der Waals surface area contributed by atoms with Gasteiger partial charge in [-0.2, -0.15) is 0 Å². The average Bonchev–Trinajstić information content (AvgIpc) is 2.49. The molecule has 2 aromatic carbocycles. The Morgan fingerprint density at radius 2 is 1.76 bits per heavy atom. The molecule has 21 heavy (non-hydrogen) atoms. The van der Waals surface area contributed by atoms with Crippen LogP contribution in [0.1, 0.15) is 29.2 Å². The van der Waals surface area contributed by atoms with Gasteiger partial charge in [-0.05, 0) is 49.6 Å². The molecule has 0 radical (unpaired) electrons. The third-order valence-electron chi connectivity index (χ3n) is 3.38. The number of aryl methyl sites for hydroxylation is 2. The predicted octanol–water partition coefficient (Wildman–Crippen LogP) is 4.25. The van der Waals surface area contributed by atoms with Crippen molar-refractivity contribution in [1.82, 2.24) is 0 Å². The largest absolute Gasteiger partial charge is 0.489 e. The minimum Gasteiger partial charge on any atom is -0.489 e. The fourth-order valence-corrected chi connectivity index (χ4v) is 2.26. The van der Waals surface area contributed by atoms with Gasteiger partial charge in [-0.15, -0.1) is 0 Å². The minimum atomic E-state index is 0.575. The van der Waals surface area contributed by atoms with Crippen molar-refractivity contribution >= 4 is 5.71 Å². The highest BCUT2D eigenvalue weighted by molar-refractivity contribution is 6.00. The number of hydrogen-bond acceptors (Lipinski definition) is 3. The van der Waals surface area contributed by atoms with Crippen LogP contribution in [0.2, 0.25) is 0 Å². The first-order chi connectivity index (χ1) is 10.1. The van der Waals surface area contributed by atoms with E-state index in [9.17, 15) is 0 Å². The number of ether oxygens (including phenoxy) is 1. The van der Waals surface area contributed by atoms with Crippen molar-refractivity contribution in [3.63, 3.8) is 0 Å². The lowest BCUT2D eigenvalue weighted by molar-refractivity contribution is 0.213. The van der Waals surface area contributed by atoms with E-state index in [1.54, 1.807) is 7.11 Å². The summed E-state index contributed by atoms with van der Waals surface area (Å²) in [5.41, 5.74) is 5.34. The second-order valence-corrected chi connectivity index (χ2v) is 5.07. The monoisotopic (exact) mass is 283 g/mol. The molecule has 0 saturated heterocycles. The van der Waals surface area contributed by atoms with E-state index in [2.05, 4.69) is 36.3 Å². The highest BCUT2D eigenvalue weighted by Crippen LogP contribution is 2.24. The maximum Gasteiger partial charge on any atom is 0.123 e. The average molecular weight is 283 g/mol. The van der Waals surface area contributed by atoms with Crippen molar-refractivity contribution in [2.75, 3.05) is 7.11 Å². The molecule has 2 aromatic rings. The molecule has 0 amide bonds. The summed E-state index contributed by atoms with van der Waals surface area (Å²) in [5.74, 6) is 0.908. The van der Waals surface area contributed by atoms with Crippen LogP contribution in [0, 0.1) is 13.8 Å². The van der Waals surface area contributed by atoms with Gasteiger partial charge in [0.05, 0.1) is 5.71 Å². The molecule has 0 atom stereocenters. The molecule has 0 fully saturated rings. The lowest BCUT2D eigenvalue weighted by atomic mass is 10.0. The van der Waals surface area contributed by atoms with Gasteiger partial charge in [0.25, 0.3) is 0 Å². The van der Waals surface area contributed by atoms with Crippen LogP contribution >= 0.6 is 0 Å². The van der Waals surface area contributed by atoms with Gasteiger partial charge >= 0.3 is 0 Å². The van der Waals surface area contributed by atoms with Gasteiger partial charge < -0.3 is 9.57 Å². The van der Waals surface area contributed by atoms with E-state index in [4.69, 9.17) is 9.57 Å². The van der Waals surface area contributed by atoms with Crippen LogP contribution in [0.5, 0.6) is 5.75 Å². The number of rotatable bonds is 5. The van der Waals surface area contributed by atoms with E-state index in [1.165, 1.54) is 0 Å². The lowest BCUT2D eigenvalue weighted by Gasteiger charge is -2.13. The molecule has 2 rings (SSSR count). The number of hydrogen-bond donors (Lipinski definition) is 0. The molecule has 3 heteroatoms. The molecular weight excluding hydrogens is 262 g/mol. The fraction of sp³-hybridized carbons (Fsp3) is 0.278. The standard InChI is InChI=1S/C18H21NO2/c1-13-11-18(21-12-16-8-6-5-7-9-16)14(2)10-17(13)15(3)19-20-4/h5-11H,12H2,1-4H3/b19-15+. The SMILES string of the molecule is CO/N=C(\C)c1cc(C)c(OCc2ccccc2)cc1C. The normalized spacial score (nSPS) is 11.3. The maximum absolute atomic E-state index is 5.93. The van der Waals surface area contributed by atoms with Crippen LogP contribution in [0.4, 0.5) is 0 Å². The van der Waals surface area contributed by atoms with Crippen LogP contribution in [-0.2, 0) is 11.4 Å². The van der Waals surface area contributed by atoms with Gasteiger partial charge in [-0.3, -0.25) is 0 Å². The van der Waals surface area contributed by atoms with E-state index >= 15 is 0 Å². The second-order valence-electron chi connectivity index (χ2n) is 5.07. The Bertz CT molecular complexity index is 633. The third kappa shape index (κ3) is 3.85. The van der Waals surface area contributed by atoms with E-state index in [1.807, 2.05) is 32.0 Å². The Morgan fingerprint density at radius 3 is 2.43 bits per heavy atom. The first-order valence-electron chi connectivity index (χ1n) is 6.98. The Kier molecular flexibility index (Phi) is 4.99. The second kappa shape index (κ2) is 6.93. The van der Waals surface area contributed by atoms with Gasteiger partial charge in [0.15, 0.2) is 0 Å². The van der Waals surface area contributed by atoms with Crippen LogP contribution in [-0.4, -0.2) is 12.8 Å². The summed E-state index contributed by atoms with van der Waals surface area (Å²) < 4.78 is 5.93. The maximum atomic E-state index is 5.93. The van der Waals surface area contributed by atoms with E-state index in [0.29, 0.717) is 6.61 Å². The van der Waals surface area contributed by atoms with Crippen LogP contribution < -0.4 is 4.74 Å². The first kappa shape index (κ1) is 15.1. The van der Waals surface area contributed by atoms with Crippen molar-refractivity contribution in [1.29, 1.82) is 0 Å². The zero-order chi connectivity index (χ0) is 15.2. The zero-order valence-corrected chi connectivity index (χ0v) is 13.0. The Labute approximate surface area is 126 Å². The summed E-state index contributed by atoms with van der Waals surface area (Å²) in [7, 11) is 1.56. The summed E-state index contributed by atoms with van der Waals surface area (Å²) in [6.45, 7) is 6.61. The smallest absolute Gasteiger partial charge is 0.123 e. The molecule has 0 bridgehead atoms. The predicted molar refractivity (Wildman–Crippen MR) is 85.9 cm³/mol. The van der Waals surface area contributed by atoms with Crippen LogP contribution in [0.15, 0.2) is 47.6 Å². The summed E-state index contributed by atoms with van der Waals surface area (Å²) in [6, 6.07) is 14.3. The molecule has 0 heterocycles. The molecule has 0 aromatic heterocycles. The van der Waals surface area contributed by atoms with Crippen molar-refractivity contribution in [2.45, 2.75) is 27.4 Å². The summed E-state index contributed by atoms with van der Waals surface area (Å²) in [5, 5.41) is 4.00. The minimum absolute atomic E-state index is 0.575. The molecule has 0 aliphatic carbocycles. The highest BCUT2D eigenvalue weighted by Gasteiger charge is 2.08. The molecule has 0 spiro atoms. The van der Waals surface area contributed by atoms with Gasteiger partial charge in [0.2, 0.25) is 0 Å². The third-order valence-corrected chi connectivity index (χ3v) is 3.38. The molecule has 0 aliphatic rings. The van der Waals surface area contributed by atoms with Crippen molar-refractivity contribution < 1.29 is 9.57 Å². The van der Waals surface area contributed by atoms with Crippen LogP contribution in [0.25, 0.3) is 0 Å². The van der Waals surface area contributed by atoms with E-state index in [0.717, 1.165) is 33.7 Å². The molecule has 0 N–H and O–H groups in total. The summed E-state index contributed by atoms with van der Waals surface area (Å²) >= 11 is 0. The Morgan fingerprint density at radius 1 is 1.05 bits per heavy atom. The first-order valence-corrected chi connectivity index (χ1v) is 6.98. The molecule has 0 saturated carbocycles. The van der Waals surface area contributed by atoms with Crippen LogP contribution in [0.3, 0.4) is 0 Å². The molecule has 0 unspecified atom stereocenters. The van der Waals surface area contributed by atoms with Gasteiger partial charge in [0, 0.05) is 5.56 Å². The zero-order valence-electron chi connectivity index (χ0n) is 13.0. The topological polar surface area (TPSA) is 30.8 Å². The lowest BCUT2D eigenvalue weighted by Crippen LogP contribution is -2.03. The number of nitrogens with zero attached hydrogens (tertiary/aromatic N) is 1. The van der Waals surface area contributed by atoms with Gasteiger partial charge in [-0.25, -0.2) is 0 Å². The van der Waals surface area contributed by atoms with Crippen molar-refractivity contribution in [3.8, 4) is 5.75 Å². The highest BCUT2D eigenvalue weighted by atomic mass is 16.6. The van der Waals surface area contributed by atoms with E-state index in [-0.39, 0.29) is 0 Å². The van der Waals surface area contributed by atoms with Crippen molar-refractivity contribution in [3.05, 3.63) is 64.7 Å². The molecule has 0 aliphatic heterocycles. The Hall–Kier alpha value is -2.29.